The summed E-state index contributed by atoms with van der Waals surface area (Å²) in [5.41, 5.74) is 3.12. The normalized spacial score (nSPS) is 13.1. The van der Waals surface area contributed by atoms with Crippen LogP contribution in [0.3, 0.4) is 0 Å². The van der Waals surface area contributed by atoms with Crippen LogP contribution in [0.1, 0.15) is 42.2 Å². The molecule has 0 fully saturated rings. The molecular weight excluding hydrogens is 710 g/mol. The smallest absolute Gasteiger partial charge is 0.296 e. The molecule has 48 heavy (non-hydrogen) atoms. The molecule has 18 heteroatoms. The van der Waals surface area contributed by atoms with E-state index in [4.69, 9.17) is 17.3 Å². The van der Waals surface area contributed by atoms with Crippen LogP contribution in [0.15, 0.2) is 87.5 Å². The van der Waals surface area contributed by atoms with Crippen molar-refractivity contribution in [3.63, 3.8) is 0 Å². The molecule has 5 N–H and O–H groups in total. The largest absolute Gasteiger partial charge is 0.397 e. The van der Waals surface area contributed by atoms with Crippen LogP contribution in [-0.4, -0.2) is 70.5 Å². The summed E-state index contributed by atoms with van der Waals surface area (Å²) < 4.78 is 94.6. The molecule has 250 valence electrons. The molecule has 5 rings (SSSR count). The van der Waals surface area contributed by atoms with Crippen molar-refractivity contribution in [2.45, 2.75) is 14.7 Å². The molecule has 0 aliphatic heterocycles. The topological polar surface area (TPSA) is 235 Å². The van der Waals surface area contributed by atoms with E-state index in [1.165, 1.54) is 55.6 Å². The van der Waals surface area contributed by atoms with Gasteiger partial charge in [0.1, 0.15) is 9.79 Å². The maximum atomic E-state index is 13.6. The lowest BCUT2D eigenvalue weighted by Gasteiger charge is -2.24. The van der Waals surface area contributed by atoms with Crippen LogP contribution in [0.5, 0.6) is 0 Å². The SMILES string of the molecule is CN(C(=O)c1cccc(S(=O)(=O)CCCl)c1)c1ccc(Nc2cc(S(=O)(=O)O)c(N)c3c2C(=O)c2ccccc2C3=O)c(S(=O)(=O)O)c1. The van der Waals surface area contributed by atoms with Crippen molar-refractivity contribution in [3.05, 3.63) is 101 Å². The molecule has 0 radical (unpaired) electrons. The van der Waals surface area contributed by atoms with Crippen molar-refractivity contribution in [2.75, 3.05) is 34.6 Å². The molecule has 4 aromatic rings. The van der Waals surface area contributed by atoms with Gasteiger partial charge < -0.3 is 16.0 Å². The molecule has 0 heterocycles. The second-order valence-electron chi connectivity index (χ2n) is 10.4. The van der Waals surface area contributed by atoms with E-state index in [2.05, 4.69) is 5.32 Å². The molecule has 0 saturated carbocycles. The molecule has 4 aromatic carbocycles. The van der Waals surface area contributed by atoms with Gasteiger partial charge in [-0.15, -0.1) is 11.6 Å². The van der Waals surface area contributed by atoms with Crippen molar-refractivity contribution >= 4 is 81.9 Å². The third-order valence-electron chi connectivity index (χ3n) is 7.47. The third-order valence-corrected chi connectivity index (χ3v) is 11.4. The lowest BCUT2D eigenvalue weighted by atomic mass is 9.82. The van der Waals surface area contributed by atoms with Crippen LogP contribution in [-0.2, 0) is 30.1 Å². The van der Waals surface area contributed by atoms with E-state index in [9.17, 15) is 48.7 Å². The van der Waals surface area contributed by atoms with Gasteiger partial charge in [-0.1, -0.05) is 30.3 Å². The molecule has 0 aromatic heterocycles. The number of carbonyl (C=O) groups excluding carboxylic acids is 3. The number of ketones is 2. The van der Waals surface area contributed by atoms with Crippen molar-refractivity contribution in [1.29, 1.82) is 0 Å². The first-order chi connectivity index (χ1) is 22.4. The lowest BCUT2D eigenvalue weighted by Crippen LogP contribution is -2.27. The number of hydrogen-bond donors (Lipinski definition) is 4. The third kappa shape index (κ3) is 6.30. The zero-order valence-corrected chi connectivity index (χ0v) is 27.7. The fourth-order valence-electron chi connectivity index (χ4n) is 5.14. The number of carbonyl (C=O) groups is 3. The van der Waals surface area contributed by atoms with Crippen LogP contribution < -0.4 is 16.0 Å². The highest BCUT2D eigenvalue weighted by Gasteiger charge is 2.37. The Morgan fingerprint density at radius 3 is 1.98 bits per heavy atom. The minimum absolute atomic E-state index is 0.0536. The summed E-state index contributed by atoms with van der Waals surface area (Å²) in [6.45, 7) is 0. The minimum Gasteiger partial charge on any atom is -0.397 e. The average Bonchev–Trinajstić information content (AvgIpc) is 3.02. The van der Waals surface area contributed by atoms with Gasteiger partial charge in [0.15, 0.2) is 21.4 Å². The number of anilines is 4. The van der Waals surface area contributed by atoms with Crippen LogP contribution in [0, 0.1) is 0 Å². The Morgan fingerprint density at radius 2 is 1.40 bits per heavy atom. The van der Waals surface area contributed by atoms with Crippen LogP contribution >= 0.6 is 11.6 Å². The predicted molar refractivity (Wildman–Crippen MR) is 175 cm³/mol. The fourth-order valence-corrected chi connectivity index (χ4v) is 8.09. The summed E-state index contributed by atoms with van der Waals surface area (Å²) in [6.07, 6.45) is 0. The van der Waals surface area contributed by atoms with E-state index < -0.39 is 85.5 Å². The standard InChI is InChI=1S/C30H24ClN3O11S3/c1-34(30(37)16-5-4-6-18(13-16)46(38,39)12-11-31)17-9-10-21(23(14-17)47(40,41)42)33-22-15-24(48(43,44)45)27(32)26-25(22)28(35)19-7-2-3-8-20(19)29(26)36/h2-10,13-15,33H,11-12,32H2,1H3,(H,40,41,42)(H,43,44,45). The van der Waals surface area contributed by atoms with Gasteiger partial charge in [0.25, 0.3) is 26.1 Å². The number of hydrogen-bond acceptors (Lipinski definition) is 11. The summed E-state index contributed by atoms with van der Waals surface area (Å²) >= 11 is 5.58. The number of sulfone groups is 1. The molecule has 1 amide bonds. The monoisotopic (exact) mass is 733 g/mol. The lowest BCUT2D eigenvalue weighted by molar-refractivity contribution is 0.0980. The van der Waals surface area contributed by atoms with Crippen molar-refractivity contribution in [2.24, 2.45) is 0 Å². The van der Waals surface area contributed by atoms with Gasteiger partial charge in [0.2, 0.25) is 0 Å². The summed E-state index contributed by atoms with van der Waals surface area (Å²) in [4.78, 5) is 39.4. The number of fused-ring (bicyclic) bond motifs is 2. The van der Waals surface area contributed by atoms with Gasteiger partial charge in [-0.05, 0) is 42.5 Å². The first-order valence-corrected chi connectivity index (χ1v) is 18.6. The number of nitrogens with one attached hydrogen (secondary N) is 1. The summed E-state index contributed by atoms with van der Waals surface area (Å²) in [7, 11) is -12.7. The summed E-state index contributed by atoms with van der Waals surface area (Å²) in [6, 6.07) is 14.7. The molecule has 1 aliphatic carbocycles. The number of nitrogens with two attached hydrogens (primary N) is 1. The number of benzene rings is 4. The second-order valence-corrected chi connectivity index (χ2v) is 15.7. The van der Waals surface area contributed by atoms with Crippen LogP contribution in [0.4, 0.5) is 22.7 Å². The molecule has 14 nitrogen and oxygen atoms in total. The molecule has 0 spiro atoms. The van der Waals surface area contributed by atoms with E-state index >= 15 is 0 Å². The summed E-state index contributed by atoms with van der Waals surface area (Å²) in [5, 5.41) is 2.57. The highest BCUT2D eigenvalue weighted by Crippen LogP contribution is 2.41. The van der Waals surface area contributed by atoms with Gasteiger partial charge in [-0.3, -0.25) is 23.5 Å². The van der Waals surface area contributed by atoms with E-state index in [1.807, 2.05) is 0 Å². The van der Waals surface area contributed by atoms with Crippen molar-refractivity contribution < 1.29 is 48.7 Å². The molecule has 0 atom stereocenters. The minimum atomic E-state index is -5.11. The van der Waals surface area contributed by atoms with Crippen LogP contribution in [0.25, 0.3) is 0 Å². The highest BCUT2D eigenvalue weighted by atomic mass is 35.5. The molecule has 0 saturated heterocycles. The Kier molecular flexibility index (Phi) is 8.97. The molecular formula is C30H24ClN3O11S3. The Morgan fingerprint density at radius 1 is 0.792 bits per heavy atom. The van der Waals surface area contributed by atoms with Crippen LogP contribution in [0.2, 0.25) is 0 Å². The first-order valence-electron chi connectivity index (χ1n) is 13.5. The maximum absolute atomic E-state index is 13.6. The van der Waals surface area contributed by atoms with Gasteiger partial charge in [-0.25, -0.2) is 8.42 Å². The van der Waals surface area contributed by atoms with Gasteiger partial charge in [-0.2, -0.15) is 16.8 Å². The average molecular weight is 734 g/mol. The van der Waals surface area contributed by atoms with Crippen molar-refractivity contribution in [1.82, 2.24) is 0 Å². The Bertz CT molecular complexity index is 2400. The number of nitrogens with zero attached hydrogens (tertiary/aromatic N) is 1. The zero-order valence-electron chi connectivity index (χ0n) is 24.5. The second kappa shape index (κ2) is 12.4. The number of halogens is 1. The van der Waals surface area contributed by atoms with Gasteiger partial charge in [0, 0.05) is 35.3 Å². The molecule has 1 aliphatic rings. The maximum Gasteiger partial charge on any atom is 0.296 e. The predicted octanol–water partition coefficient (Wildman–Crippen LogP) is 3.57. The first kappa shape index (κ1) is 34.7. The molecule has 0 unspecified atom stereocenters. The van der Waals surface area contributed by atoms with E-state index in [0.717, 1.165) is 29.2 Å². The van der Waals surface area contributed by atoms with Crippen molar-refractivity contribution in [3.8, 4) is 0 Å². The number of rotatable bonds is 9. The number of amides is 1. The Hall–Kier alpha value is -4.65. The van der Waals surface area contributed by atoms with E-state index in [-0.39, 0.29) is 38.9 Å². The Balaban J connectivity index is 1.62. The number of nitrogen functional groups attached to an aromatic ring is 1. The number of alkyl halides is 1. The van der Waals surface area contributed by atoms with Gasteiger partial charge in [0.05, 0.1) is 38.8 Å². The summed E-state index contributed by atoms with van der Waals surface area (Å²) in [5.74, 6) is -2.91. The zero-order chi connectivity index (χ0) is 35.3. The van der Waals surface area contributed by atoms with E-state index in [0.29, 0.717) is 0 Å². The quantitative estimate of drug-likeness (QED) is 0.0964. The van der Waals surface area contributed by atoms with Gasteiger partial charge >= 0.3 is 0 Å². The fraction of sp³-hybridized carbons (Fsp3) is 0.100. The highest BCUT2D eigenvalue weighted by molar-refractivity contribution is 7.91. The Labute approximate surface area is 279 Å². The van der Waals surface area contributed by atoms with E-state index in [1.54, 1.807) is 0 Å². The molecule has 0 bridgehead atoms.